The third-order valence-corrected chi connectivity index (χ3v) is 5.41. The van der Waals surface area contributed by atoms with Gasteiger partial charge in [-0.3, -0.25) is 9.59 Å². The summed E-state index contributed by atoms with van der Waals surface area (Å²) in [6, 6.07) is 14.8. The van der Waals surface area contributed by atoms with Gasteiger partial charge < -0.3 is 10.2 Å². The molecule has 0 unspecified atom stereocenters. The van der Waals surface area contributed by atoms with Gasteiger partial charge in [-0.1, -0.05) is 61.8 Å². The van der Waals surface area contributed by atoms with Crippen LogP contribution in [0.1, 0.15) is 35.9 Å². The molecule has 0 bridgehead atoms. The number of hydrogen-bond donors (Lipinski definition) is 2. The number of hydrogen-bond acceptors (Lipinski definition) is 3. The number of aromatic nitrogens is 2. The maximum atomic E-state index is 13.1. The van der Waals surface area contributed by atoms with E-state index in [1.807, 2.05) is 58.3 Å². The van der Waals surface area contributed by atoms with Crippen LogP contribution in [0.4, 0.5) is 0 Å². The molecule has 2 aromatic carbocycles. The molecule has 0 saturated heterocycles. The van der Waals surface area contributed by atoms with Crippen molar-refractivity contribution in [3.05, 3.63) is 75.2 Å². The molecule has 3 aromatic rings. The van der Waals surface area contributed by atoms with Gasteiger partial charge in [0.05, 0.1) is 26.0 Å². The van der Waals surface area contributed by atoms with Crippen LogP contribution in [0.15, 0.2) is 53.3 Å². The molecule has 3 rings (SSSR count). The number of benzene rings is 2. The number of quaternary nitrogens is 1. The molecule has 0 saturated carbocycles. The number of carbonyl (C=O) groups excluding carboxylic acids is 1. The van der Waals surface area contributed by atoms with E-state index < -0.39 is 0 Å². The first kappa shape index (κ1) is 22.0. The van der Waals surface area contributed by atoms with E-state index in [9.17, 15) is 9.59 Å². The normalized spacial score (nSPS) is 12.5. The first-order valence-corrected chi connectivity index (χ1v) is 10.5. The highest BCUT2D eigenvalue weighted by Crippen LogP contribution is 2.20. The van der Waals surface area contributed by atoms with Crippen molar-refractivity contribution in [2.45, 2.75) is 26.4 Å². The second-order valence-electron chi connectivity index (χ2n) is 8.14. The van der Waals surface area contributed by atoms with Gasteiger partial charge in [-0.2, -0.15) is 5.10 Å². The van der Waals surface area contributed by atoms with E-state index in [0.717, 1.165) is 10.5 Å². The molecule has 7 heteroatoms. The lowest BCUT2D eigenvalue weighted by Crippen LogP contribution is -3.07. The summed E-state index contributed by atoms with van der Waals surface area (Å²) in [5.74, 6) is -0.0729. The molecule has 0 aliphatic heterocycles. The number of fused-ring (bicyclic) bond motifs is 1. The van der Waals surface area contributed by atoms with Crippen LogP contribution in [0.25, 0.3) is 10.8 Å². The molecule has 0 fully saturated rings. The summed E-state index contributed by atoms with van der Waals surface area (Å²) >= 11 is 6.38. The Morgan fingerprint density at radius 1 is 1.10 bits per heavy atom. The van der Waals surface area contributed by atoms with Gasteiger partial charge in [0.25, 0.3) is 11.5 Å². The Kier molecular flexibility index (Phi) is 6.90. The molecule has 0 aliphatic rings. The number of amides is 1. The molecule has 0 spiro atoms. The minimum atomic E-state index is -0.304. The Morgan fingerprint density at radius 2 is 1.73 bits per heavy atom. The highest BCUT2D eigenvalue weighted by molar-refractivity contribution is 6.31. The Labute approximate surface area is 181 Å². The molecule has 1 amide bonds. The van der Waals surface area contributed by atoms with Crippen LogP contribution in [0.5, 0.6) is 0 Å². The summed E-state index contributed by atoms with van der Waals surface area (Å²) in [6.45, 7) is 4.87. The zero-order chi connectivity index (χ0) is 21.8. The lowest BCUT2D eigenvalue weighted by molar-refractivity contribution is -0.890. The summed E-state index contributed by atoms with van der Waals surface area (Å²) < 4.78 is 1.39. The summed E-state index contributed by atoms with van der Waals surface area (Å²) in [6.07, 6.45) is 0. The summed E-state index contributed by atoms with van der Waals surface area (Å²) in [5.41, 5.74) is 1.06. The number of rotatable bonds is 7. The molecule has 158 valence electrons. The second kappa shape index (κ2) is 9.41. The molecule has 0 aliphatic carbocycles. The van der Waals surface area contributed by atoms with E-state index in [1.54, 1.807) is 18.2 Å². The lowest BCUT2D eigenvalue weighted by Gasteiger charge is -2.23. The molecular formula is C23H28ClN4O2+. The van der Waals surface area contributed by atoms with Gasteiger partial charge in [0.2, 0.25) is 0 Å². The van der Waals surface area contributed by atoms with Crippen LogP contribution in [0.2, 0.25) is 5.02 Å². The Morgan fingerprint density at radius 3 is 2.37 bits per heavy atom. The predicted molar refractivity (Wildman–Crippen MR) is 120 cm³/mol. The van der Waals surface area contributed by atoms with E-state index >= 15 is 0 Å². The lowest BCUT2D eigenvalue weighted by atomic mass is 10.1. The van der Waals surface area contributed by atoms with E-state index in [1.165, 1.54) is 4.68 Å². The van der Waals surface area contributed by atoms with Gasteiger partial charge in [-0.25, -0.2) is 4.68 Å². The average molecular weight is 428 g/mol. The van der Waals surface area contributed by atoms with Crippen molar-refractivity contribution >= 4 is 28.3 Å². The number of carbonyl (C=O) groups is 1. The molecule has 2 N–H and O–H groups in total. The fourth-order valence-electron chi connectivity index (χ4n) is 3.53. The van der Waals surface area contributed by atoms with Crippen molar-refractivity contribution in [1.82, 2.24) is 15.1 Å². The van der Waals surface area contributed by atoms with E-state index in [0.29, 0.717) is 28.9 Å². The molecular weight excluding hydrogens is 400 g/mol. The predicted octanol–water partition coefficient (Wildman–Crippen LogP) is 2.32. The molecule has 0 radical (unpaired) electrons. The molecule has 1 atom stereocenters. The van der Waals surface area contributed by atoms with E-state index in [-0.39, 0.29) is 29.1 Å². The van der Waals surface area contributed by atoms with Gasteiger partial charge in [-0.15, -0.1) is 0 Å². The molecule has 6 nitrogen and oxygen atoms in total. The first-order chi connectivity index (χ1) is 14.3. The van der Waals surface area contributed by atoms with Crippen molar-refractivity contribution < 1.29 is 9.69 Å². The van der Waals surface area contributed by atoms with Crippen LogP contribution in [0.3, 0.4) is 0 Å². The second-order valence-corrected chi connectivity index (χ2v) is 8.54. The summed E-state index contributed by atoms with van der Waals surface area (Å²) in [7, 11) is 4.05. The third-order valence-electron chi connectivity index (χ3n) is 5.07. The molecule has 1 aromatic heterocycles. The van der Waals surface area contributed by atoms with Gasteiger partial charge in [-0.05, 0) is 18.1 Å². The Bertz CT molecular complexity index is 1110. The summed E-state index contributed by atoms with van der Waals surface area (Å²) in [4.78, 5) is 27.0. The standard InChI is InChI=1S/C23H27ClN4O2/c1-15(2)14-28-23(30)17-10-6-5-9-16(17)21(26-28)22(29)25-13-20(27(3)4)18-11-7-8-12-19(18)24/h5-12,15,20H,13-14H2,1-4H3,(H,25,29)/p+1/t20-/m0/s1. The van der Waals surface area contributed by atoms with Crippen molar-refractivity contribution in [1.29, 1.82) is 0 Å². The highest BCUT2D eigenvalue weighted by atomic mass is 35.5. The van der Waals surface area contributed by atoms with E-state index in [4.69, 9.17) is 11.6 Å². The van der Waals surface area contributed by atoms with Gasteiger partial charge in [0, 0.05) is 22.5 Å². The summed E-state index contributed by atoms with van der Waals surface area (Å²) in [5, 5.41) is 9.15. The van der Waals surface area contributed by atoms with Crippen LogP contribution >= 0.6 is 11.6 Å². The van der Waals surface area contributed by atoms with Crippen LogP contribution in [-0.2, 0) is 6.54 Å². The maximum absolute atomic E-state index is 13.1. The highest BCUT2D eigenvalue weighted by Gasteiger charge is 2.23. The minimum Gasteiger partial charge on any atom is -0.344 e. The molecule has 30 heavy (non-hydrogen) atoms. The van der Waals surface area contributed by atoms with Gasteiger partial charge >= 0.3 is 0 Å². The van der Waals surface area contributed by atoms with Crippen LogP contribution < -0.4 is 15.8 Å². The Balaban J connectivity index is 1.93. The Hall–Kier alpha value is -2.70. The van der Waals surface area contributed by atoms with Crippen LogP contribution in [-0.4, -0.2) is 36.3 Å². The topological polar surface area (TPSA) is 68.4 Å². The first-order valence-electron chi connectivity index (χ1n) is 10.1. The fraction of sp³-hybridized carbons (Fsp3) is 0.348. The number of likely N-dealkylation sites (N-methyl/N-ethyl adjacent to an activating group) is 1. The third kappa shape index (κ3) is 4.71. The monoisotopic (exact) mass is 427 g/mol. The number of halogens is 1. The van der Waals surface area contributed by atoms with E-state index in [2.05, 4.69) is 10.4 Å². The van der Waals surface area contributed by atoms with Crippen molar-refractivity contribution in [2.24, 2.45) is 5.92 Å². The van der Waals surface area contributed by atoms with Crippen LogP contribution in [0, 0.1) is 5.92 Å². The fourth-order valence-corrected chi connectivity index (χ4v) is 3.80. The average Bonchev–Trinajstić information content (AvgIpc) is 2.71. The van der Waals surface area contributed by atoms with Gasteiger partial charge in [0.15, 0.2) is 5.69 Å². The smallest absolute Gasteiger partial charge is 0.274 e. The minimum absolute atomic E-state index is 0.0181. The quantitative estimate of drug-likeness (QED) is 0.608. The van der Waals surface area contributed by atoms with Gasteiger partial charge in [0.1, 0.15) is 6.04 Å². The zero-order valence-electron chi connectivity index (χ0n) is 17.8. The SMILES string of the molecule is CC(C)Cn1nc(C(=O)NC[C@@H](c2ccccc2Cl)[NH+](C)C)c2ccccc2c1=O. The zero-order valence-corrected chi connectivity index (χ0v) is 18.5. The number of nitrogens with zero attached hydrogens (tertiary/aromatic N) is 2. The van der Waals surface area contributed by atoms with Crippen molar-refractivity contribution in [3.63, 3.8) is 0 Å². The molecule has 1 heterocycles. The van der Waals surface area contributed by atoms with Crippen molar-refractivity contribution in [2.75, 3.05) is 20.6 Å². The maximum Gasteiger partial charge on any atom is 0.274 e. The van der Waals surface area contributed by atoms with Crippen molar-refractivity contribution in [3.8, 4) is 0 Å². The largest absolute Gasteiger partial charge is 0.344 e. The number of nitrogens with one attached hydrogen (secondary N) is 2.